The molecule has 2 aromatic carbocycles. The molecule has 8 nitrogen and oxygen atoms in total. The summed E-state index contributed by atoms with van der Waals surface area (Å²) in [4.78, 5) is 20.7. The number of hydrogen-bond donors (Lipinski definition) is 0. The van der Waals surface area contributed by atoms with Crippen LogP contribution >= 0.6 is 0 Å². The smallest absolute Gasteiger partial charge is 0.297 e. The van der Waals surface area contributed by atoms with Crippen molar-refractivity contribution in [2.45, 2.75) is 5.75 Å². The van der Waals surface area contributed by atoms with Gasteiger partial charge in [-0.05, 0) is 23.8 Å². The van der Waals surface area contributed by atoms with Gasteiger partial charge >= 0.3 is 0 Å². The average Bonchev–Trinajstić information content (AvgIpc) is 3.17. The van der Waals surface area contributed by atoms with Crippen LogP contribution in [0, 0.1) is 0 Å². The highest BCUT2D eigenvalue weighted by atomic mass is 32.2. The number of sulfonamides is 1. The second-order valence-corrected chi connectivity index (χ2v) is 9.48. The normalized spacial score (nSPS) is 15.5. The highest BCUT2D eigenvalue weighted by Crippen LogP contribution is 2.23. The molecule has 1 aromatic heterocycles. The topological polar surface area (TPSA) is 87.0 Å². The largest absolute Gasteiger partial charge is 0.423 e. The molecule has 1 aliphatic rings. The minimum atomic E-state index is -3.42. The molecule has 0 N–H and O–H groups in total. The van der Waals surface area contributed by atoms with Crippen LogP contribution in [-0.2, 0) is 15.8 Å². The van der Waals surface area contributed by atoms with E-state index in [1.807, 2.05) is 32.3 Å². The molecular weight excluding hydrogens is 404 g/mol. The first kappa shape index (κ1) is 20.4. The first-order valence-electron chi connectivity index (χ1n) is 9.72. The van der Waals surface area contributed by atoms with Crippen molar-refractivity contribution in [1.29, 1.82) is 0 Å². The number of piperazine rings is 1. The summed E-state index contributed by atoms with van der Waals surface area (Å²) in [5.41, 5.74) is 2.51. The maximum atomic E-state index is 12.9. The molecular formula is C21H24N4O4S. The predicted octanol–water partition coefficient (Wildman–Crippen LogP) is 2.18. The minimum absolute atomic E-state index is 0.0289. The Morgan fingerprint density at radius 1 is 1.07 bits per heavy atom. The van der Waals surface area contributed by atoms with Crippen LogP contribution in [0.2, 0.25) is 0 Å². The van der Waals surface area contributed by atoms with E-state index in [2.05, 4.69) is 4.98 Å². The van der Waals surface area contributed by atoms with Gasteiger partial charge in [-0.15, -0.1) is 0 Å². The molecule has 0 spiro atoms. The zero-order chi connectivity index (χ0) is 21.3. The highest BCUT2D eigenvalue weighted by molar-refractivity contribution is 7.88. The third-order valence-corrected chi connectivity index (χ3v) is 6.97. The first-order valence-corrected chi connectivity index (χ1v) is 11.3. The average molecular weight is 429 g/mol. The number of anilines is 1. The van der Waals surface area contributed by atoms with E-state index in [1.165, 1.54) is 4.31 Å². The minimum Gasteiger partial charge on any atom is -0.423 e. The van der Waals surface area contributed by atoms with Gasteiger partial charge in [0.15, 0.2) is 5.58 Å². The Hall–Kier alpha value is -2.91. The Kier molecular flexibility index (Phi) is 5.48. The third kappa shape index (κ3) is 4.17. The van der Waals surface area contributed by atoms with Gasteiger partial charge in [-0.3, -0.25) is 4.79 Å². The number of hydrogen-bond acceptors (Lipinski definition) is 6. The van der Waals surface area contributed by atoms with E-state index in [1.54, 1.807) is 40.1 Å². The second-order valence-electron chi connectivity index (χ2n) is 7.51. The lowest BCUT2D eigenvalue weighted by Crippen LogP contribution is -2.50. The molecule has 0 unspecified atom stereocenters. The van der Waals surface area contributed by atoms with Gasteiger partial charge in [0.1, 0.15) is 5.52 Å². The Morgan fingerprint density at radius 3 is 2.43 bits per heavy atom. The van der Waals surface area contributed by atoms with Crippen molar-refractivity contribution in [3.63, 3.8) is 0 Å². The summed E-state index contributed by atoms with van der Waals surface area (Å²) in [6, 6.07) is 14.8. The fourth-order valence-corrected chi connectivity index (χ4v) is 4.98. The van der Waals surface area contributed by atoms with Gasteiger partial charge in [-0.1, -0.05) is 30.3 Å². The number of benzene rings is 2. The molecule has 2 heterocycles. The van der Waals surface area contributed by atoms with Gasteiger partial charge in [0.25, 0.3) is 11.9 Å². The molecule has 0 aliphatic carbocycles. The Morgan fingerprint density at radius 2 is 1.77 bits per heavy atom. The zero-order valence-corrected chi connectivity index (χ0v) is 17.8. The van der Waals surface area contributed by atoms with Gasteiger partial charge in [0.2, 0.25) is 10.0 Å². The molecule has 1 aliphatic heterocycles. The number of aromatic nitrogens is 1. The Labute approximate surface area is 175 Å². The molecule has 0 radical (unpaired) electrons. The number of carbonyl (C=O) groups excluding carboxylic acids is 1. The number of nitrogens with zero attached hydrogens (tertiary/aromatic N) is 4. The second kappa shape index (κ2) is 8.08. The van der Waals surface area contributed by atoms with Gasteiger partial charge in [0, 0.05) is 45.8 Å². The van der Waals surface area contributed by atoms with Crippen LogP contribution in [-0.4, -0.2) is 68.8 Å². The third-order valence-electron chi connectivity index (χ3n) is 5.12. The number of amides is 1. The van der Waals surface area contributed by atoms with E-state index in [9.17, 15) is 13.2 Å². The molecule has 0 bridgehead atoms. The molecule has 30 heavy (non-hydrogen) atoms. The monoisotopic (exact) mass is 428 g/mol. The molecule has 0 atom stereocenters. The van der Waals surface area contributed by atoms with Crippen LogP contribution in [0.25, 0.3) is 11.1 Å². The van der Waals surface area contributed by atoms with Crippen LogP contribution in [0.4, 0.5) is 6.01 Å². The van der Waals surface area contributed by atoms with Crippen LogP contribution in [0.15, 0.2) is 52.9 Å². The fourth-order valence-electron chi connectivity index (χ4n) is 3.47. The van der Waals surface area contributed by atoms with Gasteiger partial charge in [-0.2, -0.15) is 9.29 Å². The zero-order valence-electron chi connectivity index (χ0n) is 17.0. The fraction of sp³-hybridized carbons (Fsp3) is 0.333. The summed E-state index contributed by atoms with van der Waals surface area (Å²) in [7, 11) is 0.255. The van der Waals surface area contributed by atoms with Crippen molar-refractivity contribution < 1.29 is 17.6 Å². The van der Waals surface area contributed by atoms with E-state index in [-0.39, 0.29) is 24.7 Å². The van der Waals surface area contributed by atoms with E-state index in [0.717, 1.165) is 5.56 Å². The van der Waals surface area contributed by atoms with Crippen LogP contribution < -0.4 is 4.90 Å². The van der Waals surface area contributed by atoms with Crippen LogP contribution in [0.3, 0.4) is 0 Å². The molecule has 9 heteroatoms. The predicted molar refractivity (Wildman–Crippen MR) is 115 cm³/mol. The van der Waals surface area contributed by atoms with Crippen molar-refractivity contribution in [2.75, 3.05) is 45.2 Å². The lowest BCUT2D eigenvalue weighted by Gasteiger charge is -2.34. The number of fused-ring (bicyclic) bond motifs is 1. The summed E-state index contributed by atoms with van der Waals surface area (Å²) in [6.07, 6.45) is 0. The van der Waals surface area contributed by atoms with Crippen molar-refractivity contribution in [2.24, 2.45) is 0 Å². The van der Waals surface area contributed by atoms with Gasteiger partial charge in [-0.25, -0.2) is 8.42 Å². The summed E-state index contributed by atoms with van der Waals surface area (Å²) >= 11 is 0. The summed E-state index contributed by atoms with van der Waals surface area (Å²) in [6.45, 7) is 1.29. The van der Waals surface area contributed by atoms with Crippen molar-refractivity contribution in [3.05, 3.63) is 59.7 Å². The van der Waals surface area contributed by atoms with Crippen molar-refractivity contribution in [1.82, 2.24) is 14.2 Å². The Bertz CT molecular complexity index is 1150. The SMILES string of the molecule is CN(C)c1nc2cc(C(=O)N3CCN(S(=O)(=O)Cc4ccccc4)CC3)ccc2o1. The lowest BCUT2D eigenvalue weighted by molar-refractivity contribution is 0.0698. The lowest BCUT2D eigenvalue weighted by atomic mass is 10.1. The number of rotatable bonds is 5. The van der Waals surface area contributed by atoms with Crippen LogP contribution in [0.1, 0.15) is 15.9 Å². The quantitative estimate of drug-likeness (QED) is 0.619. The maximum absolute atomic E-state index is 12.9. The van der Waals surface area contributed by atoms with Gasteiger partial charge < -0.3 is 14.2 Å². The van der Waals surface area contributed by atoms with Crippen LogP contribution in [0.5, 0.6) is 0 Å². The summed E-state index contributed by atoms with van der Waals surface area (Å²) < 4.78 is 32.5. The van der Waals surface area contributed by atoms with E-state index in [4.69, 9.17) is 4.42 Å². The number of oxazole rings is 1. The first-order chi connectivity index (χ1) is 14.3. The highest BCUT2D eigenvalue weighted by Gasteiger charge is 2.29. The van der Waals surface area contributed by atoms with E-state index in [0.29, 0.717) is 35.8 Å². The van der Waals surface area contributed by atoms with Gasteiger partial charge in [0.05, 0.1) is 5.75 Å². The van der Waals surface area contributed by atoms with E-state index >= 15 is 0 Å². The molecule has 1 saturated heterocycles. The summed E-state index contributed by atoms with van der Waals surface area (Å²) in [5.74, 6) is -0.162. The maximum Gasteiger partial charge on any atom is 0.297 e. The van der Waals surface area contributed by atoms with Crippen molar-refractivity contribution in [3.8, 4) is 0 Å². The number of carbonyl (C=O) groups is 1. The molecule has 1 amide bonds. The molecule has 4 rings (SSSR count). The van der Waals surface area contributed by atoms with Crippen molar-refractivity contribution >= 4 is 33.0 Å². The molecule has 0 saturated carbocycles. The molecule has 1 fully saturated rings. The Balaban J connectivity index is 1.42. The standard InChI is InChI=1S/C21H24N4O4S/c1-23(2)21-22-18-14-17(8-9-19(18)29-21)20(26)24-10-12-25(13-11-24)30(27,28)15-16-6-4-3-5-7-16/h3-9,14H,10-13,15H2,1-2H3. The van der Waals surface area contributed by atoms with E-state index < -0.39 is 10.0 Å². The summed E-state index contributed by atoms with van der Waals surface area (Å²) in [5, 5.41) is 0. The molecule has 158 valence electrons. The molecule has 3 aromatic rings.